The van der Waals surface area contributed by atoms with E-state index >= 15 is 0 Å². The highest BCUT2D eigenvalue weighted by Gasteiger charge is 2.49. The van der Waals surface area contributed by atoms with Crippen LogP contribution in [0, 0.1) is 11.6 Å². The Hall–Kier alpha value is -3.30. The number of aliphatic imine (C=N–C) groups is 1. The van der Waals surface area contributed by atoms with Crippen LogP contribution in [0.15, 0.2) is 60.1 Å². The Morgan fingerprint density at radius 3 is 2.61 bits per heavy atom. The van der Waals surface area contributed by atoms with Crippen LogP contribution in [0.5, 0.6) is 5.75 Å². The molecule has 33 heavy (non-hydrogen) atoms. The van der Waals surface area contributed by atoms with Gasteiger partial charge in [-0.15, -0.1) is 6.58 Å². The molecule has 3 N–H and O–H groups in total. The van der Waals surface area contributed by atoms with Crippen LogP contribution in [0.1, 0.15) is 30.9 Å². The molecule has 0 saturated carbocycles. The number of benzene rings is 2. The summed E-state index contributed by atoms with van der Waals surface area (Å²) in [6.07, 6.45) is 1.77. The van der Waals surface area contributed by atoms with E-state index in [0.29, 0.717) is 35.8 Å². The van der Waals surface area contributed by atoms with Crippen molar-refractivity contribution in [2.24, 2.45) is 4.99 Å². The molecular formula is C24H27F2N3O4. The molecule has 176 valence electrons. The van der Waals surface area contributed by atoms with E-state index in [1.807, 2.05) is 0 Å². The minimum atomic E-state index is -1.26. The van der Waals surface area contributed by atoms with Crippen LogP contribution in [0.4, 0.5) is 8.78 Å². The van der Waals surface area contributed by atoms with Gasteiger partial charge in [-0.1, -0.05) is 6.08 Å². The van der Waals surface area contributed by atoms with Crippen molar-refractivity contribution < 1.29 is 28.2 Å². The quantitative estimate of drug-likeness (QED) is 0.273. The number of nitrogens with one attached hydrogen (secondary N) is 2. The summed E-state index contributed by atoms with van der Waals surface area (Å²) in [6, 6.07) is 10.2. The molecule has 0 saturated heterocycles. The van der Waals surface area contributed by atoms with Crippen LogP contribution in [0.2, 0.25) is 0 Å². The third-order valence-electron chi connectivity index (χ3n) is 5.20. The van der Waals surface area contributed by atoms with E-state index in [1.165, 1.54) is 12.1 Å². The number of hydrogen-bond acceptors (Lipinski definition) is 6. The first kappa shape index (κ1) is 24.3. The summed E-state index contributed by atoms with van der Waals surface area (Å²) in [5.41, 5.74) is 5.03. The molecule has 2 aromatic rings. The number of carbonyl (C=O) groups excluding carboxylic acids is 1. The van der Waals surface area contributed by atoms with Crippen molar-refractivity contribution in [2.75, 3.05) is 13.2 Å². The monoisotopic (exact) mass is 459 g/mol. The predicted molar refractivity (Wildman–Crippen MR) is 120 cm³/mol. The molecule has 0 bridgehead atoms. The SMILES string of the molecule is C=CC[C@]1(C(=O)NNCc2cc(F)cc(F)c2)N=C(c2ccc(OCCCO)cc2)O[C@H]1C. The highest BCUT2D eigenvalue weighted by atomic mass is 19.1. The number of ether oxygens (including phenoxy) is 2. The Morgan fingerprint density at radius 2 is 1.97 bits per heavy atom. The van der Waals surface area contributed by atoms with Gasteiger partial charge in [-0.3, -0.25) is 10.2 Å². The summed E-state index contributed by atoms with van der Waals surface area (Å²) >= 11 is 0. The van der Waals surface area contributed by atoms with Crippen molar-refractivity contribution in [3.8, 4) is 5.75 Å². The number of amides is 1. The van der Waals surface area contributed by atoms with E-state index < -0.39 is 29.2 Å². The Labute approximate surface area is 191 Å². The number of hydrazine groups is 1. The molecule has 0 radical (unpaired) electrons. The molecule has 0 spiro atoms. The molecule has 1 aliphatic heterocycles. The minimum absolute atomic E-state index is 0.0220. The number of rotatable bonds is 11. The van der Waals surface area contributed by atoms with Crippen molar-refractivity contribution in [3.05, 3.63) is 77.9 Å². The zero-order chi connectivity index (χ0) is 23.8. The summed E-state index contributed by atoms with van der Waals surface area (Å²) in [5, 5.41) is 8.84. The second-order valence-corrected chi connectivity index (χ2v) is 7.63. The topological polar surface area (TPSA) is 92.2 Å². The molecule has 2 atom stereocenters. The third kappa shape index (κ3) is 5.94. The van der Waals surface area contributed by atoms with Gasteiger partial charge in [0.05, 0.1) is 6.61 Å². The summed E-state index contributed by atoms with van der Waals surface area (Å²) in [6.45, 7) is 5.96. The number of halogens is 2. The molecule has 9 heteroatoms. The first-order valence-electron chi connectivity index (χ1n) is 10.6. The van der Waals surface area contributed by atoms with E-state index in [-0.39, 0.29) is 19.6 Å². The van der Waals surface area contributed by atoms with Gasteiger partial charge in [-0.25, -0.2) is 19.2 Å². The predicted octanol–water partition coefficient (Wildman–Crippen LogP) is 3.03. The van der Waals surface area contributed by atoms with Crippen molar-refractivity contribution in [2.45, 2.75) is 38.0 Å². The van der Waals surface area contributed by atoms with E-state index in [1.54, 1.807) is 37.3 Å². The lowest BCUT2D eigenvalue weighted by atomic mass is 9.90. The van der Waals surface area contributed by atoms with E-state index in [4.69, 9.17) is 14.6 Å². The van der Waals surface area contributed by atoms with Gasteiger partial charge >= 0.3 is 0 Å². The van der Waals surface area contributed by atoms with Gasteiger partial charge < -0.3 is 14.6 Å². The van der Waals surface area contributed by atoms with Gasteiger partial charge in [0.15, 0.2) is 5.54 Å². The standard InChI is InChI=1S/C24H27F2N3O4/c1-3-9-24(23(31)29-27-15-17-12-19(25)14-20(26)13-17)16(2)33-22(28-24)18-5-7-21(8-6-18)32-11-4-10-30/h3,5-8,12-14,16,27,30H,1,4,9-11,15H2,2H3,(H,29,31)/t16-,24-/m0/s1. The summed E-state index contributed by atoms with van der Waals surface area (Å²) < 4.78 is 38.2. The molecule has 1 aliphatic rings. The van der Waals surface area contributed by atoms with E-state index in [0.717, 1.165) is 6.07 Å². The van der Waals surface area contributed by atoms with Gasteiger partial charge in [-0.2, -0.15) is 0 Å². The lowest BCUT2D eigenvalue weighted by molar-refractivity contribution is -0.129. The molecule has 0 unspecified atom stereocenters. The van der Waals surface area contributed by atoms with Gasteiger partial charge in [0.25, 0.3) is 5.91 Å². The van der Waals surface area contributed by atoms with E-state index in [9.17, 15) is 13.6 Å². The second-order valence-electron chi connectivity index (χ2n) is 7.63. The molecule has 7 nitrogen and oxygen atoms in total. The fraction of sp³-hybridized carbons (Fsp3) is 0.333. The highest BCUT2D eigenvalue weighted by Crippen LogP contribution is 2.32. The smallest absolute Gasteiger partial charge is 0.266 e. The van der Waals surface area contributed by atoms with Crippen LogP contribution in [0.25, 0.3) is 0 Å². The molecule has 3 rings (SSSR count). The Kier molecular flexibility index (Phi) is 8.13. The maximum absolute atomic E-state index is 13.4. The van der Waals surface area contributed by atoms with Crippen LogP contribution in [-0.2, 0) is 16.1 Å². The summed E-state index contributed by atoms with van der Waals surface area (Å²) in [4.78, 5) is 17.7. The van der Waals surface area contributed by atoms with Crippen molar-refractivity contribution in [1.82, 2.24) is 10.9 Å². The van der Waals surface area contributed by atoms with Crippen LogP contribution < -0.4 is 15.6 Å². The molecule has 0 fully saturated rings. The summed E-state index contributed by atoms with van der Waals surface area (Å²) in [7, 11) is 0. The molecule has 0 aliphatic carbocycles. The molecule has 0 aromatic heterocycles. The van der Waals surface area contributed by atoms with Crippen molar-refractivity contribution in [1.29, 1.82) is 0 Å². The normalized spacial score (nSPS) is 19.5. The number of nitrogens with zero attached hydrogens (tertiary/aromatic N) is 1. The average molecular weight is 459 g/mol. The van der Waals surface area contributed by atoms with Gasteiger partial charge in [-0.05, 0) is 48.9 Å². The number of aliphatic hydroxyl groups excluding tert-OH is 1. The van der Waals surface area contributed by atoms with Gasteiger partial charge in [0.1, 0.15) is 23.5 Å². The summed E-state index contributed by atoms with van der Waals surface area (Å²) in [5.74, 6) is -0.887. The fourth-order valence-corrected chi connectivity index (χ4v) is 3.45. The van der Waals surface area contributed by atoms with E-state index in [2.05, 4.69) is 22.4 Å². The van der Waals surface area contributed by atoms with Gasteiger partial charge in [0, 0.05) is 37.6 Å². The van der Waals surface area contributed by atoms with Crippen LogP contribution >= 0.6 is 0 Å². The Morgan fingerprint density at radius 1 is 1.27 bits per heavy atom. The van der Waals surface area contributed by atoms with Crippen LogP contribution in [-0.4, -0.2) is 41.8 Å². The maximum Gasteiger partial charge on any atom is 0.266 e. The minimum Gasteiger partial charge on any atom is -0.494 e. The second kappa shape index (κ2) is 11.0. The third-order valence-corrected chi connectivity index (χ3v) is 5.20. The van der Waals surface area contributed by atoms with Crippen molar-refractivity contribution >= 4 is 11.8 Å². The zero-order valence-electron chi connectivity index (χ0n) is 18.3. The highest BCUT2D eigenvalue weighted by molar-refractivity contribution is 6.00. The Bertz CT molecular complexity index is 993. The number of hydrogen-bond donors (Lipinski definition) is 3. The number of carbonyl (C=O) groups is 1. The lowest BCUT2D eigenvalue weighted by Gasteiger charge is -2.26. The maximum atomic E-state index is 13.4. The average Bonchev–Trinajstić information content (AvgIpc) is 3.11. The fourth-order valence-electron chi connectivity index (χ4n) is 3.45. The molecule has 2 aromatic carbocycles. The Balaban J connectivity index is 1.70. The molecule has 1 heterocycles. The molecule has 1 amide bonds. The zero-order valence-corrected chi connectivity index (χ0v) is 18.3. The first-order chi connectivity index (χ1) is 15.9. The number of aliphatic hydroxyl groups is 1. The largest absolute Gasteiger partial charge is 0.494 e. The lowest BCUT2D eigenvalue weighted by Crippen LogP contribution is -2.54. The van der Waals surface area contributed by atoms with Gasteiger partial charge in [0.2, 0.25) is 5.90 Å². The van der Waals surface area contributed by atoms with Crippen LogP contribution in [0.3, 0.4) is 0 Å². The molecular weight excluding hydrogens is 432 g/mol. The van der Waals surface area contributed by atoms with Crippen molar-refractivity contribution in [3.63, 3.8) is 0 Å². The first-order valence-corrected chi connectivity index (χ1v) is 10.6.